The Labute approximate surface area is 261 Å². The number of rotatable bonds is 14. The van der Waals surface area contributed by atoms with Gasteiger partial charge in [-0.2, -0.15) is 0 Å². The second-order valence-corrected chi connectivity index (χ2v) is 12.7. The third kappa shape index (κ3) is 8.11. The Hall–Kier alpha value is -4.05. The van der Waals surface area contributed by atoms with E-state index in [1.807, 2.05) is 26.0 Å². The van der Waals surface area contributed by atoms with Crippen LogP contribution in [0.25, 0.3) is 0 Å². The topological polar surface area (TPSA) is 105 Å². The van der Waals surface area contributed by atoms with Gasteiger partial charge in [-0.25, -0.2) is 8.42 Å². The first-order valence-corrected chi connectivity index (χ1v) is 16.7. The van der Waals surface area contributed by atoms with Gasteiger partial charge in [-0.3, -0.25) is 13.9 Å². The predicted molar refractivity (Wildman–Crippen MR) is 171 cm³/mol. The zero-order valence-electron chi connectivity index (χ0n) is 25.8. The maximum absolute atomic E-state index is 14.4. The van der Waals surface area contributed by atoms with E-state index in [9.17, 15) is 18.0 Å². The number of sulfonamides is 1. The van der Waals surface area contributed by atoms with Crippen molar-refractivity contribution in [2.24, 2.45) is 0 Å². The number of para-hydroxylation sites is 2. The number of carbonyl (C=O) groups excluding carboxylic acids is 2. The number of methoxy groups -OCH3 is 1. The van der Waals surface area contributed by atoms with E-state index in [2.05, 4.69) is 5.32 Å². The molecular formula is C34H43N3O6S. The Morgan fingerprint density at radius 2 is 1.57 bits per heavy atom. The molecule has 44 heavy (non-hydrogen) atoms. The number of nitrogens with one attached hydrogen (secondary N) is 1. The molecule has 0 bridgehead atoms. The standard InChI is InChI=1S/C34H43N3O6S/c1-4-30(34(39)35-27-14-8-6-9-15-27)36(24-26-20-22-28(42-3)23-21-26)33(38)25-37(31-18-12-13-19-32(31)43-5-2)44(40,41)29-16-10-7-11-17-29/h7,10-13,16-23,27,30H,4-6,8-9,14-15,24-25H2,1-3H3,(H,35,39)/t30-/m1/s1. The number of hydrogen-bond donors (Lipinski definition) is 1. The highest BCUT2D eigenvalue weighted by Gasteiger charge is 2.35. The number of benzene rings is 3. The summed E-state index contributed by atoms with van der Waals surface area (Å²) in [4.78, 5) is 29.6. The maximum atomic E-state index is 14.4. The van der Waals surface area contributed by atoms with Crippen molar-refractivity contribution in [3.05, 3.63) is 84.4 Å². The van der Waals surface area contributed by atoms with Crippen molar-refractivity contribution >= 4 is 27.5 Å². The third-order valence-corrected chi connectivity index (χ3v) is 9.67. The second-order valence-electron chi connectivity index (χ2n) is 10.9. The summed E-state index contributed by atoms with van der Waals surface area (Å²) in [6.45, 7) is 3.58. The van der Waals surface area contributed by atoms with E-state index < -0.39 is 28.5 Å². The van der Waals surface area contributed by atoms with Gasteiger partial charge in [-0.1, -0.05) is 68.7 Å². The first kappa shape index (κ1) is 32.9. The molecule has 0 aromatic heterocycles. The maximum Gasteiger partial charge on any atom is 0.264 e. The fraction of sp³-hybridized carbons (Fsp3) is 0.412. The number of ether oxygens (including phenoxy) is 2. The molecule has 0 radical (unpaired) electrons. The molecule has 3 aromatic rings. The first-order valence-electron chi connectivity index (χ1n) is 15.3. The lowest BCUT2D eigenvalue weighted by atomic mass is 9.95. The van der Waals surface area contributed by atoms with Crippen LogP contribution in [0.2, 0.25) is 0 Å². The molecule has 1 N–H and O–H groups in total. The van der Waals surface area contributed by atoms with Gasteiger partial charge in [-0.15, -0.1) is 0 Å². The summed E-state index contributed by atoms with van der Waals surface area (Å²) in [5, 5.41) is 3.17. The minimum absolute atomic E-state index is 0.0443. The molecule has 0 aliphatic heterocycles. The van der Waals surface area contributed by atoms with Gasteiger partial charge in [0.15, 0.2) is 0 Å². The molecule has 0 spiro atoms. The Kier molecular flexibility index (Phi) is 11.7. The highest BCUT2D eigenvalue weighted by molar-refractivity contribution is 7.92. The monoisotopic (exact) mass is 621 g/mol. The zero-order chi connectivity index (χ0) is 31.5. The zero-order valence-corrected chi connectivity index (χ0v) is 26.6. The molecule has 3 aromatic carbocycles. The summed E-state index contributed by atoms with van der Waals surface area (Å²) in [6.07, 6.45) is 5.45. The van der Waals surface area contributed by atoms with Crippen molar-refractivity contribution in [1.29, 1.82) is 0 Å². The first-order chi connectivity index (χ1) is 21.3. The molecule has 9 nitrogen and oxygen atoms in total. The Balaban J connectivity index is 1.73. The van der Waals surface area contributed by atoms with E-state index >= 15 is 0 Å². The highest BCUT2D eigenvalue weighted by Crippen LogP contribution is 2.33. The molecule has 236 valence electrons. The molecule has 4 rings (SSSR count). The van der Waals surface area contributed by atoms with Gasteiger partial charge in [0.2, 0.25) is 11.8 Å². The number of nitrogens with zero attached hydrogens (tertiary/aromatic N) is 2. The van der Waals surface area contributed by atoms with E-state index in [1.54, 1.807) is 61.7 Å². The van der Waals surface area contributed by atoms with Crippen LogP contribution in [0.4, 0.5) is 5.69 Å². The second kappa shape index (κ2) is 15.6. The molecular weight excluding hydrogens is 578 g/mol. The van der Waals surface area contributed by atoms with Crippen molar-refractivity contribution in [3.8, 4) is 11.5 Å². The largest absolute Gasteiger partial charge is 0.497 e. The van der Waals surface area contributed by atoms with Crippen molar-refractivity contribution in [2.75, 3.05) is 24.6 Å². The lowest BCUT2D eigenvalue weighted by Gasteiger charge is -2.34. The van der Waals surface area contributed by atoms with Gasteiger partial charge >= 0.3 is 0 Å². The molecule has 1 saturated carbocycles. The summed E-state index contributed by atoms with van der Waals surface area (Å²) in [5.74, 6) is 0.276. The van der Waals surface area contributed by atoms with Crippen LogP contribution in [0.5, 0.6) is 11.5 Å². The molecule has 1 fully saturated rings. The van der Waals surface area contributed by atoms with Crippen molar-refractivity contribution in [1.82, 2.24) is 10.2 Å². The van der Waals surface area contributed by atoms with E-state index in [-0.39, 0.29) is 29.1 Å². The summed E-state index contributed by atoms with van der Waals surface area (Å²) in [6, 6.07) is 21.3. The average Bonchev–Trinajstić information content (AvgIpc) is 3.05. The number of amides is 2. The van der Waals surface area contributed by atoms with Gasteiger partial charge < -0.3 is 19.7 Å². The van der Waals surface area contributed by atoms with Crippen LogP contribution in [0.3, 0.4) is 0 Å². The minimum Gasteiger partial charge on any atom is -0.497 e. The molecule has 0 unspecified atom stereocenters. The van der Waals surface area contributed by atoms with Gasteiger partial charge in [0.05, 0.1) is 24.3 Å². The van der Waals surface area contributed by atoms with Crippen LogP contribution in [-0.4, -0.2) is 57.5 Å². The number of anilines is 1. The Bertz CT molecular complexity index is 1470. The van der Waals surface area contributed by atoms with Crippen LogP contribution >= 0.6 is 0 Å². The van der Waals surface area contributed by atoms with Gasteiger partial charge in [0.1, 0.15) is 24.1 Å². The smallest absolute Gasteiger partial charge is 0.264 e. The Morgan fingerprint density at radius 3 is 2.20 bits per heavy atom. The molecule has 1 atom stereocenters. The fourth-order valence-electron chi connectivity index (χ4n) is 5.57. The fourth-order valence-corrected chi connectivity index (χ4v) is 7.01. The lowest BCUT2D eigenvalue weighted by Crippen LogP contribution is -2.54. The average molecular weight is 622 g/mol. The van der Waals surface area contributed by atoms with E-state index in [4.69, 9.17) is 9.47 Å². The van der Waals surface area contributed by atoms with Crippen LogP contribution in [0.15, 0.2) is 83.8 Å². The summed E-state index contributed by atoms with van der Waals surface area (Å²) >= 11 is 0. The van der Waals surface area contributed by atoms with Crippen molar-refractivity contribution in [2.45, 2.75) is 75.9 Å². The molecule has 1 aliphatic carbocycles. The summed E-state index contributed by atoms with van der Waals surface area (Å²) in [7, 11) is -2.61. The SMILES string of the molecule is CCOc1ccccc1N(CC(=O)N(Cc1ccc(OC)cc1)[C@H](CC)C(=O)NC1CCCCC1)S(=O)(=O)c1ccccc1. The minimum atomic E-state index is -4.19. The van der Waals surface area contributed by atoms with Gasteiger partial charge in [-0.05, 0) is 68.1 Å². The summed E-state index contributed by atoms with van der Waals surface area (Å²) in [5.41, 5.74) is 1.03. The molecule has 10 heteroatoms. The molecule has 0 saturated heterocycles. The molecule has 2 amide bonds. The number of carbonyl (C=O) groups is 2. The van der Waals surface area contributed by atoms with Crippen LogP contribution in [0, 0.1) is 0 Å². The molecule has 0 heterocycles. The third-order valence-electron chi connectivity index (χ3n) is 7.89. The van der Waals surface area contributed by atoms with Crippen LogP contribution in [-0.2, 0) is 26.2 Å². The quantitative estimate of drug-likeness (QED) is 0.253. The summed E-state index contributed by atoms with van der Waals surface area (Å²) < 4.78 is 40.4. The van der Waals surface area contributed by atoms with Crippen molar-refractivity contribution < 1.29 is 27.5 Å². The van der Waals surface area contributed by atoms with E-state index in [1.165, 1.54) is 17.0 Å². The van der Waals surface area contributed by atoms with Crippen LogP contribution < -0.4 is 19.1 Å². The highest BCUT2D eigenvalue weighted by atomic mass is 32.2. The van der Waals surface area contributed by atoms with Gasteiger partial charge in [0, 0.05) is 12.6 Å². The number of hydrogen-bond acceptors (Lipinski definition) is 6. The van der Waals surface area contributed by atoms with Gasteiger partial charge in [0.25, 0.3) is 10.0 Å². The van der Waals surface area contributed by atoms with Crippen molar-refractivity contribution in [3.63, 3.8) is 0 Å². The normalized spacial score (nSPS) is 14.3. The van der Waals surface area contributed by atoms with E-state index in [0.717, 1.165) is 42.0 Å². The predicted octanol–water partition coefficient (Wildman–Crippen LogP) is 5.55. The molecule has 1 aliphatic rings. The van der Waals surface area contributed by atoms with E-state index in [0.29, 0.717) is 24.5 Å². The van der Waals surface area contributed by atoms with Crippen LogP contribution in [0.1, 0.15) is 57.9 Å². The lowest BCUT2D eigenvalue weighted by molar-refractivity contribution is -0.140. The Morgan fingerprint density at radius 1 is 0.909 bits per heavy atom.